The predicted molar refractivity (Wildman–Crippen MR) is 47.0 cm³/mol. The van der Waals surface area contributed by atoms with Crippen LogP contribution < -0.4 is 11.1 Å². The lowest BCUT2D eigenvalue weighted by Crippen LogP contribution is -2.50. The molecular formula is C7H12ClF3N2O. The largest absolute Gasteiger partial charge is 0.409 e. The Labute approximate surface area is 85.6 Å². The SMILES string of the molecule is Cl.NCC(NC(=O)C1CC1)C(F)(F)F. The minimum Gasteiger partial charge on any atom is -0.343 e. The molecule has 1 fully saturated rings. The zero-order valence-corrected chi connectivity index (χ0v) is 8.12. The summed E-state index contributed by atoms with van der Waals surface area (Å²) < 4.78 is 36.2. The van der Waals surface area contributed by atoms with E-state index in [-0.39, 0.29) is 18.3 Å². The second-order valence-electron chi connectivity index (χ2n) is 3.11. The van der Waals surface area contributed by atoms with Crippen LogP contribution in [0.3, 0.4) is 0 Å². The van der Waals surface area contributed by atoms with Crippen molar-refractivity contribution in [3.05, 3.63) is 0 Å². The van der Waals surface area contributed by atoms with Crippen LogP contribution in [0.1, 0.15) is 12.8 Å². The lowest BCUT2D eigenvalue weighted by Gasteiger charge is -2.19. The number of carbonyl (C=O) groups is 1. The Balaban J connectivity index is 0.00000169. The smallest absolute Gasteiger partial charge is 0.343 e. The zero-order chi connectivity index (χ0) is 10.1. The number of alkyl halides is 3. The van der Waals surface area contributed by atoms with Crippen molar-refractivity contribution in [2.24, 2.45) is 11.7 Å². The highest BCUT2D eigenvalue weighted by atomic mass is 35.5. The van der Waals surface area contributed by atoms with Crippen molar-refractivity contribution in [1.29, 1.82) is 0 Å². The highest BCUT2D eigenvalue weighted by Crippen LogP contribution is 2.29. The summed E-state index contributed by atoms with van der Waals surface area (Å²) in [5, 5.41) is 1.88. The number of nitrogens with two attached hydrogens (primary N) is 1. The molecule has 14 heavy (non-hydrogen) atoms. The third-order valence-corrected chi connectivity index (χ3v) is 1.90. The Kier molecular flexibility index (Phi) is 4.67. The average Bonchev–Trinajstić information content (AvgIpc) is 2.78. The fourth-order valence-electron chi connectivity index (χ4n) is 0.909. The molecule has 0 heterocycles. The number of nitrogens with one attached hydrogen (secondary N) is 1. The fraction of sp³-hybridized carbons (Fsp3) is 0.857. The molecule has 0 aliphatic heterocycles. The highest BCUT2D eigenvalue weighted by Gasteiger charge is 2.41. The molecule has 3 nitrogen and oxygen atoms in total. The van der Waals surface area contributed by atoms with Crippen LogP contribution in [0.2, 0.25) is 0 Å². The second-order valence-corrected chi connectivity index (χ2v) is 3.11. The summed E-state index contributed by atoms with van der Waals surface area (Å²) in [5.74, 6) is -0.760. The zero-order valence-electron chi connectivity index (χ0n) is 7.30. The van der Waals surface area contributed by atoms with Crippen LogP contribution >= 0.6 is 12.4 Å². The third-order valence-electron chi connectivity index (χ3n) is 1.90. The van der Waals surface area contributed by atoms with E-state index in [2.05, 4.69) is 0 Å². The summed E-state index contributed by atoms with van der Waals surface area (Å²) >= 11 is 0. The van der Waals surface area contributed by atoms with E-state index in [9.17, 15) is 18.0 Å². The Morgan fingerprint density at radius 3 is 2.29 bits per heavy atom. The van der Waals surface area contributed by atoms with Crippen molar-refractivity contribution in [3.63, 3.8) is 0 Å². The number of hydrogen-bond donors (Lipinski definition) is 2. The molecule has 1 amide bonds. The average molecular weight is 233 g/mol. The molecule has 1 saturated carbocycles. The molecule has 84 valence electrons. The molecule has 0 aromatic heterocycles. The van der Waals surface area contributed by atoms with Gasteiger partial charge in [0.2, 0.25) is 5.91 Å². The maximum absolute atomic E-state index is 12.1. The van der Waals surface area contributed by atoms with Gasteiger partial charge in [-0.3, -0.25) is 4.79 Å². The molecule has 1 rings (SSSR count). The van der Waals surface area contributed by atoms with Gasteiger partial charge in [0.15, 0.2) is 0 Å². The maximum Gasteiger partial charge on any atom is 0.409 e. The van der Waals surface area contributed by atoms with E-state index in [4.69, 9.17) is 5.73 Å². The Hall–Kier alpha value is -0.490. The van der Waals surface area contributed by atoms with Crippen molar-refractivity contribution >= 4 is 18.3 Å². The van der Waals surface area contributed by atoms with Gasteiger partial charge < -0.3 is 11.1 Å². The lowest BCUT2D eigenvalue weighted by molar-refractivity contribution is -0.160. The molecule has 1 unspecified atom stereocenters. The summed E-state index contributed by atoms with van der Waals surface area (Å²) in [4.78, 5) is 11.0. The Morgan fingerprint density at radius 1 is 1.50 bits per heavy atom. The van der Waals surface area contributed by atoms with Gasteiger partial charge in [0, 0.05) is 12.5 Å². The topological polar surface area (TPSA) is 55.1 Å². The van der Waals surface area contributed by atoms with E-state index >= 15 is 0 Å². The van der Waals surface area contributed by atoms with Gasteiger partial charge in [-0.15, -0.1) is 12.4 Å². The van der Waals surface area contributed by atoms with E-state index in [1.807, 2.05) is 5.32 Å². The van der Waals surface area contributed by atoms with Crippen molar-refractivity contribution in [2.45, 2.75) is 25.1 Å². The van der Waals surface area contributed by atoms with Crippen LogP contribution in [-0.4, -0.2) is 24.7 Å². The molecule has 0 aromatic rings. The van der Waals surface area contributed by atoms with Crippen LogP contribution in [-0.2, 0) is 4.79 Å². The van der Waals surface area contributed by atoms with Crippen LogP contribution in [0.4, 0.5) is 13.2 Å². The van der Waals surface area contributed by atoms with Crippen LogP contribution in [0.15, 0.2) is 0 Å². The summed E-state index contributed by atoms with van der Waals surface area (Å²) in [7, 11) is 0. The van der Waals surface area contributed by atoms with E-state index in [1.165, 1.54) is 0 Å². The van der Waals surface area contributed by atoms with Crippen molar-refractivity contribution < 1.29 is 18.0 Å². The van der Waals surface area contributed by atoms with Gasteiger partial charge in [-0.2, -0.15) is 13.2 Å². The molecule has 1 aliphatic carbocycles. The van der Waals surface area contributed by atoms with Crippen LogP contribution in [0.5, 0.6) is 0 Å². The summed E-state index contributed by atoms with van der Waals surface area (Å²) in [6, 6.07) is -1.90. The molecular weight excluding hydrogens is 221 g/mol. The number of hydrogen-bond acceptors (Lipinski definition) is 2. The fourth-order valence-corrected chi connectivity index (χ4v) is 0.909. The highest BCUT2D eigenvalue weighted by molar-refractivity contribution is 5.85. The van der Waals surface area contributed by atoms with Crippen LogP contribution in [0, 0.1) is 5.92 Å². The molecule has 7 heteroatoms. The third kappa shape index (κ3) is 3.71. The van der Waals surface area contributed by atoms with E-state index in [1.54, 1.807) is 0 Å². The van der Waals surface area contributed by atoms with Gasteiger partial charge in [0.1, 0.15) is 6.04 Å². The molecule has 0 saturated heterocycles. The second kappa shape index (κ2) is 4.84. The number of rotatable bonds is 3. The molecule has 0 aromatic carbocycles. The Morgan fingerprint density at radius 2 is 2.00 bits per heavy atom. The Bertz CT molecular complexity index is 206. The molecule has 0 bridgehead atoms. The predicted octanol–water partition coefficient (Wildman–Crippen LogP) is 0.824. The molecule has 0 radical (unpaired) electrons. The normalized spacial score (nSPS) is 18.3. The summed E-state index contributed by atoms with van der Waals surface area (Å²) in [6.07, 6.45) is -3.08. The van der Waals surface area contributed by atoms with Gasteiger partial charge in [-0.1, -0.05) is 0 Å². The maximum atomic E-state index is 12.1. The standard InChI is InChI=1S/C7H11F3N2O.ClH/c8-7(9,10)5(3-11)12-6(13)4-1-2-4;/h4-5H,1-3,11H2,(H,12,13);1H. The molecule has 1 aliphatic rings. The quantitative estimate of drug-likeness (QED) is 0.757. The van der Waals surface area contributed by atoms with Crippen LogP contribution in [0.25, 0.3) is 0 Å². The van der Waals surface area contributed by atoms with Crippen molar-refractivity contribution in [2.75, 3.05) is 6.54 Å². The number of halogens is 4. The van der Waals surface area contributed by atoms with E-state index < -0.39 is 24.7 Å². The summed E-state index contributed by atoms with van der Waals surface area (Å²) in [6.45, 7) is -0.609. The first-order valence-corrected chi connectivity index (χ1v) is 4.02. The minimum atomic E-state index is -4.45. The summed E-state index contributed by atoms with van der Waals surface area (Å²) in [5.41, 5.74) is 4.89. The lowest BCUT2D eigenvalue weighted by atomic mass is 10.2. The number of carbonyl (C=O) groups excluding carboxylic acids is 1. The number of amides is 1. The molecule has 0 spiro atoms. The van der Waals surface area contributed by atoms with E-state index in [0.29, 0.717) is 12.8 Å². The van der Waals surface area contributed by atoms with Crippen molar-refractivity contribution in [3.8, 4) is 0 Å². The monoisotopic (exact) mass is 232 g/mol. The van der Waals surface area contributed by atoms with E-state index in [0.717, 1.165) is 0 Å². The van der Waals surface area contributed by atoms with Gasteiger partial charge in [0.05, 0.1) is 0 Å². The van der Waals surface area contributed by atoms with Gasteiger partial charge in [-0.05, 0) is 12.8 Å². The van der Waals surface area contributed by atoms with Gasteiger partial charge >= 0.3 is 6.18 Å². The van der Waals surface area contributed by atoms with Gasteiger partial charge in [0.25, 0.3) is 0 Å². The van der Waals surface area contributed by atoms with Gasteiger partial charge in [-0.25, -0.2) is 0 Å². The molecule has 1 atom stereocenters. The molecule has 3 N–H and O–H groups in total. The first-order chi connectivity index (χ1) is 5.95. The first kappa shape index (κ1) is 13.5. The van der Waals surface area contributed by atoms with Crippen molar-refractivity contribution in [1.82, 2.24) is 5.32 Å². The minimum absolute atomic E-state index is 0. The first-order valence-electron chi connectivity index (χ1n) is 4.02.